The van der Waals surface area contributed by atoms with Gasteiger partial charge in [-0.3, -0.25) is 0 Å². The van der Waals surface area contributed by atoms with Crippen molar-refractivity contribution in [1.82, 2.24) is 0 Å². The van der Waals surface area contributed by atoms with Crippen LogP contribution in [-0.2, 0) is 0 Å². The van der Waals surface area contributed by atoms with Crippen molar-refractivity contribution in [3.8, 4) is 0 Å². The second-order valence-electron chi connectivity index (χ2n) is 1.04. The molecule has 0 aliphatic carbocycles. The molecule has 1 radical (unpaired) electrons. The Kier molecular flexibility index (Phi) is 1.66. The Morgan fingerprint density at radius 1 is 1.60 bits per heavy atom. The van der Waals surface area contributed by atoms with E-state index in [1.807, 2.05) is 0 Å². The second kappa shape index (κ2) is 2.08. The quantitative estimate of drug-likeness (QED) is 0.363. The summed E-state index contributed by atoms with van der Waals surface area (Å²) in [7, 11) is 0. The summed E-state index contributed by atoms with van der Waals surface area (Å²) in [6.07, 6.45) is 3.02. The summed E-state index contributed by atoms with van der Waals surface area (Å²) in [6, 6.07) is 0. The predicted octanol–water partition coefficient (Wildman–Crippen LogP) is 1.37. The molecule has 0 bridgehead atoms. The Labute approximate surface area is 39.4 Å². The van der Waals surface area contributed by atoms with Crippen LogP contribution in [0.3, 0.4) is 0 Å². The molecule has 0 unspecified atom stereocenters. The van der Waals surface area contributed by atoms with Gasteiger partial charge in [0.15, 0.2) is 0 Å². The van der Waals surface area contributed by atoms with Crippen LogP contribution >= 0.6 is 6.83 Å². The zero-order valence-corrected chi connectivity index (χ0v) is 5.58. The summed E-state index contributed by atoms with van der Waals surface area (Å²) in [6.45, 7) is 1.75. The summed E-state index contributed by atoms with van der Waals surface area (Å²) in [5.74, 6) is 0. The first kappa shape index (κ1) is 3.99. The van der Waals surface area contributed by atoms with Crippen molar-refractivity contribution in [2.45, 2.75) is 11.7 Å². The van der Waals surface area contributed by atoms with Gasteiger partial charge in [0, 0.05) is 0 Å². The van der Waals surface area contributed by atoms with Gasteiger partial charge in [0.1, 0.15) is 0 Å². The third-order valence-corrected chi connectivity index (χ3v) is 5.49. The van der Waals surface area contributed by atoms with E-state index < -0.39 is 0 Å². The zero-order chi connectivity index (χ0) is 3.54. The van der Waals surface area contributed by atoms with Gasteiger partial charge in [0.25, 0.3) is 0 Å². The van der Waals surface area contributed by atoms with E-state index in [1.54, 1.807) is 12.1 Å². The molecule has 1 heterocycles. The van der Waals surface area contributed by atoms with E-state index in [0.717, 1.165) is 14.0 Å². The van der Waals surface area contributed by atoms with Crippen molar-refractivity contribution in [2.24, 2.45) is 0 Å². The third-order valence-electron chi connectivity index (χ3n) is 0.576. The van der Waals surface area contributed by atoms with Crippen LogP contribution in [0.2, 0.25) is 5.32 Å². The Morgan fingerprint density at radius 2 is 2.60 bits per heavy atom. The fourth-order valence-corrected chi connectivity index (χ4v) is 5.03. The van der Waals surface area contributed by atoms with Crippen LogP contribution in [0.5, 0.6) is 0 Å². The van der Waals surface area contributed by atoms with Crippen LogP contribution in [0.25, 0.3) is 0 Å². The summed E-state index contributed by atoms with van der Waals surface area (Å²) in [5, 5.41) is 1.55. The van der Waals surface area contributed by atoms with Gasteiger partial charge in [-0.1, -0.05) is 0 Å². The minimum atomic E-state index is 1.04. The van der Waals surface area contributed by atoms with E-state index >= 15 is 0 Å². The molecule has 0 aromatic carbocycles. The van der Waals surface area contributed by atoms with Gasteiger partial charge in [0.2, 0.25) is 0 Å². The predicted molar refractivity (Wildman–Crippen MR) is 27.0 cm³/mol. The first-order chi connectivity index (χ1) is 2.50. The van der Waals surface area contributed by atoms with Crippen molar-refractivity contribution < 1.29 is 0 Å². The van der Waals surface area contributed by atoms with E-state index in [1.165, 1.54) is 12.6 Å². The van der Waals surface area contributed by atoms with Crippen molar-refractivity contribution in [3.05, 3.63) is 0 Å². The molecule has 5 heavy (non-hydrogen) atoms. The van der Waals surface area contributed by atoms with Crippen LogP contribution in [0.1, 0.15) is 6.42 Å². The molecule has 2 heteroatoms. The molecule has 0 fully saturated rings. The Bertz CT molecular complexity index is 44.9. The summed E-state index contributed by atoms with van der Waals surface area (Å²) < 4.78 is 0. The zero-order valence-electron chi connectivity index (χ0n) is 2.98. The molecule has 0 saturated carbocycles. The molecule has 0 nitrogen and oxygen atoms in total. The normalized spacial score (nSPS) is 24.0. The van der Waals surface area contributed by atoms with Gasteiger partial charge in [0.05, 0.1) is 0 Å². The molecule has 1 aliphatic heterocycles. The van der Waals surface area contributed by atoms with Gasteiger partial charge >= 0.3 is 38.8 Å². The summed E-state index contributed by atoms with van der Waals surface area (Å²) in [4.78, 5) is 0. The topological polar surface area (TPSA) is 0 Å². The Balaban J connectivity index is 2.32. The molecule has 1 rings (SSSR count). The number of hydrogen-bond donors (Lipinski definition) is 0. The molecule has 0 N–H and O–H groups in total. The average molecular weight is 152 g/mol. The number of hydrogen-bond acceptors (Lipinski definition) is 0. The monoisotopic (exact) mass is 153 g/mol. The molecule has 29 valence electrons. The maximum atomic E-state index is 1.75. The summed E-state index contributed by atoms with van der Waals surface area (Å²) >= 11 is 1.04. The molecule has 0 aromatic heterocycles. The van der Waals surface area contributed by atoms with E-state index in [9.17, 15) is 0 Å². The maximum absolute atomic E-state index is 1.75. The van der Waals surface area contributed by atoms with E-state index in [4.69, 9.17) is 0 Å². The van der Waals surface area contributed by atoms with Gasteiger partial charge in [-0.25, -0.2) is 0 Å². The van der Waals surface area contributed by atoms with Crippen molar-refractivity contribution in [3.63, 3.8) is 0 Å². The SMILES string of the molecule is C1CP=[Se]C1. The molecule has 0 spiro atoms. The van der Waals surface area contributed by atoms with Crippen LogP contribution in [0.4, 0.5) is 0 Å². The Morgan fingerprint density at radius 3 is 2.80 bits per heavy atom. The summed E-state index contributed by atoms with van der Waals surface area (Å²) in [5.41, 5.74) is 0. The van der Waals surface area contributed by atoms with Crippen LogP contribution < -0.4 is 0 Å². The van der Waals surface area contributed by atoms with E-state index in [-0.39, 0.29) is 0 Å². The fraction of sp³-hybridized carbons (Fsp3) is 1.00. The molecule has 0 atom stereocenters. The van der Waals surface area contributed by atoms with Gasteiger partial charge < -0.3 is 0 Å². The first-order valence-corrected chi connectivity index (χ1v) is 6.29. The molecule has 0 saturated heterocycles. The van der Waals surface area contributed by atoms with Gasteiger partial charge in [-0.05, 0) is 0 Å². The van der Waals surface area contributed by atoms with Crippen molar-refractivity contribution in [2.75, 3.05) is 6.16 Å². The van der Waals surface area contributed by atoms with Gasteiger partial charge in [-0.2, -0.15) is 0 Å². The third kappa shape index (κ3) is 1.13. The molecular formula is C3H6PSe. The average Bonchev–Trinajstić information content (AvgIpc) is 1.76. The van der Waals surface area contributed by atoms with Crippen molar-refractivity contribution in [1.29, 1.82) is 0 Å². The minimum absolute atomic E-state index is 1.04. The molecule has 1 aliphatic rings. The standard InChI is InChI=1S/C3H6PSe/c1-2-4-5-3-1/h1-3H2. The van der Waals surface area contributed by atoms with Crippen LogP contribution in [-0.4, -0.2) is 20.2 Å². The van der Waals surface area contributed by atoms with Crippen LogP contribution in [0.15, 0.2) is 0 Å². The molecular weight excluding hydrogens is 146 g/mol. The van der Waals surface area contributed by atoms with E-state index in [0.29, 0.717) is 0 Å². The Hall–Kier alpha value is 0.819. The van der Waals surface area contributed by atoms with Crippen LogP contribution in [0, 0.1) is 0 Å². The molecule has 0 aromatic rings. The van der Waals surface area contributed by atoms with Gasteiger partial charge in [-0.15, -0.1) is 0 Å². The fourth-order valence-electron chi connectivity index (χ4n) is 0.323. The van der Waals surface area contributed by atoms with Crippen molar-refractivity contribution >= 4 is 20.9 Å². The van der Waals surface area contributed by atoms with E-state index in [2.05, 4.69) is 0 Å². The second-order valence-corrected chi connectivity index (χ2v) is 6.11. The number of rotatable bonds is 0. The molecule has 0 amide bonds. The first-order valence-electron chi connectivity index (χ1n) is 1.79.